The molecule has 2 heterocycles. The van der Waals surface area contributed by atoms with Gasteiger partial charge in [0.2, 0.25) is 0 Å². The Kier molecular flexibility index (Phi) is 8.19. The molecule has 24 heteroatoms. The molecule has 0 spiro atoms. The molecule has 0 aromatic carbocycles. The first-order valence-corrected chi connectivity index (χ1v) is 10.1. The molecule has 4 nitrogen and oxygen atoms in total. The summed E-state index contributed by atoms with van der Waals surface area (Å²) >= 11 is 0. The van der Waals surface area contributed by atoms with E-state index in [1.807, 2.05) is 0 Å². The molecule has 0 radical (unpaired) electrons. The smallest absolute Gasteiger partial charge is 0.277 e. The summed E-state index contributed by atoms with van der Waals surface area (Å²) in [5, 5.41) is 0. The average molecular weight is 662 g/mol. The fourth-order valence-electron chi connectivity index (χ4n) is 3.09. The van der Waals surface area contributed by atoms with Crippen molar-refractivity contribution in [1.29, 1.82) is 0 Å². The van der Waals surface area contributed by atoms with Gasteiger partial charge >= 0.3 is 59.5 Å². The van der Waals surface area contributed by atoms with Crippen LogP contribution >= 0.6 is 0 Å². The highest BCUT2D eigenvalue weighted by Crippen LogP contribution is 2.65. The zero-order valence-corrected chi connectivity index (χ0v) is 19.2. The zero-order chi connectivity index (χ0) is 33.2. The molecule has 0 aliphatic carbocycles. The number of hydrogen-bond donors (Lipinski definition) is 0. The zero-order valence-electron chi connectivity index (χ0n) is 19.2. The van der Waals surface area contributed by atoms with E-state index < -0.39 is 81.4 Å². The Morgan fingerprint density at radius 2 is 0.619 bits per heavy atom. The lowest BCUT2D eigenvalue weighted by Gasteiger charge is -2.44. The predicted octanol–water partition coefficient (Wildman–Crippen LogP) is 7.74. The van der Waals surface area contributed by atoms with Crippen LogP contribution in [0.4, 0.5) is 87.8 Å². The number of rotatable bonds is 13. The summed E-state index contributed by atoms with van der Waals surface area (Å²) < 4.78 is 276. The topological polar surface area (TPSA) is 35.6 Å². The van der Waals surface area contributed by atoms with E-state index in [0.717, 1.165) is 0 Å². The Balaban J connectivity index is 2.55. The molecule has 0 aliphatic heterocycles. The van der Waals surface area contributed by atoms with Crippen molar-refractivity contribution in [3.63, 3.8) is 0 Å². The minimum atomic E-state index is -8.90. The van der Waals surface area contributed by atoms with Crippen molar-refractivity contribution in [1.82, 2.24) is 19.1 Å². The van der Waals surface area contributed by atoms with Gasteiger partial charge in [0.25, 0.3) is 0 Å². The molecule has 2 rings (SSSR count). The van der Waals surface area contributed by atoms with Crippen LogP contribution < -0.4 is 0 Å². The average Bonchev–Trinajstić information content (AvgIpc) is 3.51. The number of halogens is 20. The summed E-state index contributed by atoms with van der Waals surface area (Å²) in [7, 11) is 0. The molecule has 2 aromatic rings. The summed E-state index contributed by atoms with van der Waals surface area (Å²) in [5.74, 6) is -66.2. The van der Waals surface area contributed by atoms with Crippen LogP contribution in [0.3, 0.4) is 0 Å². The minimum Gasteiger partial charge on any atom is -0.277 e. The van der Waals surface area contributed by atoms with Crippen molar-refractivity contribution in [3.8, 4) is 0 Å². The molecule has 0 fully saturated rings. The lowest BCUT2D eigenvalue weighted by Crippen LogP contribution is -2.75. The maximum Gasteiger partial charge on any atom is 0.384 e. The quantitative estimate of drug-likeness (QED) is 0.206. The molecule has 0 saturated carbocycles. The number of hydrogen-bond acceptors (Lipinski definition) is 2. The van der Waals surface area contributed by atoms with Gasteiger partial charge in [-0.3, -0.25) is 9.13 Å². The predicted molar refractivity (Wildman–Crippen MR) is 93.6 cm³/mol. The second-order valence-corrected chi connectivity index (χ2v) is 8.48. The van der Waals surface area contributed by atoms with Gasteiger partial charge in [0.05, 0.1) is 12.7 Å². The standard InChI is InChI=1S/C18H10F20N4/c19-9(20,5-11(23,24)41-3-1-39-7-41)13(27,28)15(31,32)17(35,36)18(37,38)16(33,34)14(29,30)10(21,22)6-12(25,26)42-4-2-40-8-42/h1-4,7-8H,5-6H2. The number of nitrogens with zero attached hydrogens (tertiary/aromatic N) is 4. The SMILES string of the molecule is FC(F)(CC(F)(F)C(F)(F)C(F)(F)C(F)(F)C(F)(F)C(F)(F)C(F)(F)C(F)(F)CC(F)(F)n1ccnc1)n1ccnc1. The van der Waals surface area contributed by atoms with Crippen LogP contribution in [-0.2, 0) is 12.1 Å². The highest BCUT2D eigenvalue weighted by molar-refractivity contribution is 5.16. The van der Waals surface area contributed by atoms with Gasteiger partial charge in [-0.1, -0.05) is 0 Å². The first-order chi connectivity index (χ1) is 18.4. The highest BCUT2D eigenvalue weighted by Gasteiger charge is 2.95. The first-order valence-electron chi connectivity index (χ1n) is 10.1. The lowest BCUT2D eigenvalue weighted by atomic mass is 9.86. The Morgan fingerprint density at radius 3 is 0.833 bits per heavy atom. The maximum absolute atomic E-state index is 14.0. The summed E-state index contributed by atoms with van der Waals surface area (Å²) in [6.45, 7) is 0. The molecule has 2 aromatic heterocycles. The number of aromatic nitrogens is 4. The van der Waals surface area contributed by atoms with Gasteiger partial charge < -0.3 is 0 Å². The molecular weight excluding hydrogens is 652 g/mol. The second kappa shape index (κ2) is 9.77. The van der Waals surface area contributed by atoms with Gasteiger partial charge in [-0.2, -0.15) is 87.8 Å². The van der Waals surface area contributed by atoms with Gasteiger partial charge in [-0.25, -0.2) is 9.97 Å². The minimum absolute atomic E-state index is 0.0221. The van der Waals surface area contributed by atoms with E-state index in [-0.39, 0.29) is 25.0 Å². The van der Waals surface area contributed by atoms with Crippen LogP contribution in [-0.4, -0.2) is 66.5 Å². The van der Waals surface area contributed by atoms with E-state index in [0.29, 0.717) is 12.4 Å². The van der Waals surface area contributed by atoms with Crippen LogP contribution in [0.25, 0.3) is 0 Å². The maximum atomic E-state index is 14.0. The van der Waals surface area contributed by atoms with E-state index in [1.54, 1.807) is 0 Å². The molecule has 42 heavy (non-hydrogen) atoms. The number of imidazole rings is 2. The molecule has 0 bridgehead atoms. The molecule has 0 aliphatic rings. The van der Waals surface area contributed by atoms with Crippen molar-refractivity contribution in [2.45, 2.75) is 72.3 Å². The van der Waals surface area contributed by atoms with Crippen molar-refractivity contribution < 1.29 is 87.8 Å². The molecule has 0 amide bonds. The third kappa shape index (κ3) is 5.00. The summed E-state index contributed by atoms with van der Waals surface area (Å²) in [4.78, 5) is 5.65. The van der Waals surface area contributed by atoms with Crippen molar-refractivity contribution >= 4 is 0 Å². The van der Waals surface area contributed by atoms with Crippen LogP contribution in [0.15, 0.2) is 37.4 Å². The summed E-state index contributed by atoms with van der Waals surface area (Å²) in [5.41, 5.74) is 0. The highest BCUT2D eigenvalue weighted by atomic mass is 19.4. The van der Waals surface area contributed by atoms with E-state index in [1.165, 1.54) is 0 Å². The summed E-state index contributed by atoms with van der Waals surface area (Å²) in [6, 6.07) is -10.9. The van der Waals surface area contributed by atoms with Crippen molar-refractivity contribution in [2.24, 2.45) is 0 Å². The Bertz CT molecular complexity index is 1110. The van der Waals surface area contributed by atoms with Gasteiger partial charge in [-0.05, 0) is 0 Å². The lowest BCUT2D eigenvalue weighted by molar-refractivity contribution is -0.457. The van der Waals surface area contributed by atoms with E-state index >= 15 is 0 Å². The monoisotopic (exact) mass is 662 g/mol. The van der Waals surface area contributed by atoms with Gasteiger partial charge in [-0.15, -0.1) is 0 Å². The van der Waals surface area contributed by atoms with Crippen LogP contribution in [0.5, 0.6) is 0 Å². The fourth-order valence-corrected chi connectivity index (χ4v) is 3.09. The van der Waals surface area contributed by atoms with Gasteiger partial charge in [0.15, 0.2) is 0 Å². The molecule has 242 valence electrons. The molecule has 0 saturated heterocycles. The Labute approximate surface area is 217 Å². The van der Waals surface area contributed by atoms with Gasteiger partial charge in [0.1, 0.15) is 12.8 Å². The molecular formula is C18H10F20N4. The van der Waals surface area contributed by atoms with Crippen LogP contribution in [0.1, 0.15) is 12.8 Å². The van der Waals surface area contributed by atoms with Crippen LogP contribution in [0, 0.1) is 0 Å². The van der Waals surface area contributed by atoms with Crippen molar-refractivity contribution in [3.05, 3.63) is 37.4 Å². The van der Waals surface area contributed by atoms with Gasteiger partial charge in [0, 0.05) is 24.8 Å². The van der Waals surface area contributed by atoms with E-state index in [9.17, 15) is 87.8 Å². The molecule has 0 unspecified atom stereocenters. The van der Waals surface area contributed by atoms with E-state index in [2.05, 4.69) is 9.97 Å². The third-order valence-electron chi connectivity index (χ3n) is 5.52. The molecule has 0 atom stereocenters. The molecule has 0 N–H and O–H groups in total. The van der Waals surface area contributed by atoms with E-state index in [4.69, 9.17) is 0 Å². The summed E-state index contributed by atoms with van der Waals surface area (Å²) in [6.07, 6.45) is -7.37. The fraction of sp³-hybridized carbons (Fsp3) is 0.667. The number of alkyl halides is 20. The normalized spacial score (nSPS) is 15.8. The Morgan fingerprint density at radius 1 is 0.381 bits per heavy atom. The third-order valence-corrected chi connectivity index (χ3v) is 5.52. The van der Waals surface area contributed by atoms with Crippen molar-refractivity contribution in [2.75, 3.05) is 0 Å². The largest absolute Gasteiger partial charge is 0.384 e. The first kappa shape index (κ1) is 35.2. The Hall–Kier alpha value is -2.98. The second-order valence-electron chi connectivity index (χ2n) is 8.48. The van der Waals surface area contributed by atoms with Crippen LogP contribution in [0.2, 0.25) is 0 Å².